The molecule has 4 N–H and O–H groups in total. The van der Waals surface area contributed by atoms with Gasteiger partial charge in [-0.15, -0.1) is 12.4 Å². The van der Waals surface area contributed by atoms with Crippen molar-refractivity contribution < 1.29 is 8.42 Å². The molecule has 0 saturated carbocycles. The molecule has 106 valence electrons. The average Bonchev–Trinajstić information content (AvgIpc) is 2.75. The summed E-state index contributed by atoms with van der Waals surface area (Å²) in [7, 11) is -3.60. The van der Waals surface area contributed by atoms with E-state index in [1.54, 1.807) is 6.07 Å². The van der Waals surface area contributed by atoms with Crippen LogP contribution in [0, 0.1) is 0 Å². The monoisotopic (exact) mass is 324 g/mol. The minimum absolute atomic E-state index is 0. The van der Waals surface area contributed by atoms with Gasteiger partial charge in [0.1, 0.15) is 10.5 Å². The number of nitrogens with two attached hydrogens (primary N) is 1. The summed E-state index contributed by atoms with van der Waals surface area (Å²) in [5.41, 5.74) is 5.77. The number of hydrogen-bond donors (Lipinski definition) is 3. The van der Waals surface area contributed by atoms with Gasteiger partial charge in [-0.1, -0.05) is 11.6 Å². The number of aromatic nitrogens is 2. The topological polar surface area (TPSA) is 101 Å². The van der Waals surface area contributed by atoms with Gasteiger partial charge in [0, 0.05) is 18.9 Å². The van der Waals surface area contributed by atoms with Crippen LogP contribution < -0.4 is 10.5 Å². The van der Waals surface area contributed by atoms with Crippen molar-refractivity contribution in [2.75, 3.05) is 13.1 Å². The van der Waals surface area contributed by atoms with Crippen LogP contribution >= 0.6 is 24.0 Å². The molecule has 0 atom stereocenters. The lowest BCUT2D eigenvalue weighted by molar-refractivity contribution is 0.580. The summed E-state index contributed by atoms with van der Waals surface area (Å²) in [6.07, 6.45) is 3.47. The second kappa shape index (κ2) is 6.53. The summed E-state index contributed by atoms with van der Waals surface area (Å²) in [4.78, 5) is 6.91. The molecule has 9 heteroatoms. The Morgan fingerprint density at radius 3 is 2.89 bits per heavy atom. The molecule has 0 unspecified atom stereocenters. The highest BCUT2D eigenvalue weighted by Gasteiger charge is 2.20. The Kier molecular flexibility index (Phi) is 5.57. The zero-order valence-corrected chi connectivity index (χ0v) is 12.3. The maximum Gasteiger partial charge on any atom is 0.242 e. The third-order valence-electron chi connectivity index (χ3n) is 2.45. The number of fused-ring (bicyclic) bond motifs is 1. The molecule has 0 aliphatic heterocycles. The Labute approximate surface area is 122 Å². The van der Waals surface area contributed by atoms with Crippen molar-refractivity contribution in [1.29, 1.82) is 0 Å². The Balaban J connectivity index is 0.00000180. The normalized spacial score (nSPS) is 11.5. The minimum atomic E-state index is -3.60. The first kappa shape index (κ1) is 16.2. The molecule has 2 rings (SSSR count). The van der Waals surface area contributed by atoms with Gasteiger partial charge in [0.25, 0.3) is 0 Å². The van der Waals surface area contributed by atoms with Gasteiger partial charge in [0.2, 0.25) is 10.0 Å². The van der Waals surface area contributed by atoms with Crippen LogP contribution in [-0.2, 0) is 10.0 Å². The number of H-pyrrole nitrogens is 1. The largest absolute Gasteiger partial charge is 0.345 e. The van der Waals surface area contributed by atoms with Crippen LogP contribution in [0.5, 0.6) is 0 Å². The van der Waals surface area contributed by atoms with Crippen molar-refractivity contribution in [1.82, 2.24) is 14.7 Å². The van der Waals surface area contributed by atoms with Crippen LogP contribution in [0.15, 0.2) is 23.4 Å². The van der Waals surface area contributed by atoms with Gasteiger partial charge < -0.3 is 10.7 Å². The second-order valence-electron chi connectivity index (χ2n) is 3.71. The summed E-state index contributed by atoms with van der Waals surface area (Å²) in [5, 5.41) is 0.750. The molecule has 6 nitrogen and oxygen atoms in total. The maximum absolute atomic E-state index is 12.1. The van der Waals surface area contributed by atoms with Gasteiger partial charge in [-0.3, -0.25) is 0 Å². The number of pyridine rings is 1. The minimum Gasteiger partial charge on any atom is -0.345 e. The molecule has 0 bridgehead atoms. The number of halogens is 2. The maximum atomic E-state index is 12.1. The van der Waals surface area contributed by atoms with Gasteiger partial charge in [-0.25, -0.2) is 18.1 Å². The van der Waals surface area contributed by atoms with Gasteiger partial charge >= 0.3 is 0 Å². The molecule has 0 saturated heterocycles. The van der Waals surface area contributed by atoms with E-state index in [2.05, 4.69) is 14.7 Å². The predicted molar refractivity (Wildman–Crippen MR) is 77.2 cm³/mol. The van der Waals surface area contributed by atoms with Crippen molar-refractivity contribution in [3.8, 4) is 0 Å². The van der Waals surface area contributed by atoms with Crippen LogP contribution in [0.1, 0.15) is 6.42 Å². The summed E-state index contributed by atoms with van der Waals surface area (Å²) in [5.74, 6) is 0. The summed E-state index contributed by atoms with van der Waals surface area (Å²) >= 11 is 6.00. The van der Waals surface area contributed by atoms with Gasteiger partial charge in [0.15, 0.2) is 0 Å². The molecule has 0 radical (unpaired) electrons. The van der Waals surface area contributed by atoms with E-state index in [0.29, 0.717) is 35.6 Å². The summed E-state index contributed by atoms with van der Waals surface area (Å²) in [6.45, 7) is 0.724. The first-order valence-electron chi connectivity index (χ1n) is 5.37. The highest BCUT2D eigenvalue weighted by Crippen LogP contribution is 2.27. The van der Waals surface area contributed by atoms with E-state index < -0.39 is 10.0 Å². The van der Waals surface area contributed by atoms with Crippen molar-refractivity contribution >= 4 is 45.1 Å². The van der Waals surface area contributed by atoms with Crippen molar-refractivity contribution in [3.63, 3.8) is 0 Å². The van der Waals surface area contributed by atoms with Crippen molar-refractivity contribution in [2.45, 2.75) is 11.3 Å². The number of nitrogens with zero attached hydrogens (tertiary/aromatic N) is 1. The van der Waals surface area contributed by atoms with E-state index in [9.17, 15) is 8.42 Å². The molecule has 19 heavy (non-hydrogen) atoms. The van der Waals surface area contributed by atoms with E-state index in [1.165, 1.54) is 12.4 Å². The Morgan fingerprint density at radius 2 is 2.21 bits per heavy atom. The number of nitrogens with one attached hydrogen (secondary N) is 2. The molecule has 0 aromatic carbocycles. The lowest BCUT2D eigenvalue weighted by Crippen LogP contribution is -2.26. The molecule has 2 heterocycles. The van der Waals surface area contributed by atoms with Crippen LogP contribution in [0.4, 0.5) is 0 Å². The molecule has 0 aliphatic rings. The highest BCUT2D eigenvalue weighted by atomic mass is 35.5. The lowest BCUT2D eigenvalue weighted by Gasteiger charge is -2.05. The molecule has 0 aliphatic carbocycles. The van der Waals surface area contributed by atoms with Gasteiger partial charge in [-0.05, 0) is 19.0 Å². The average molecular weight is 325 g/mol. The molecular formula is C10H14Cl2N4O2S. The van der Waals surface area contributed by atoms with E-state index >= 15 is 0 Å². The standard InChI is InChI=1S/C10H13ClN4O2S.ClH/c11-7-2-5-13-10-9(7)8(6-14-10)18(16,17)15-4-1-3-12;/h2,5-6,15H,1,3-4,12H2,(H,13,14);1H. The van der Waals surface area contributed by atoms with Crippen LogP contribution in [-0.4, -0.2) is 31.5 Å². The smallest absolute Gasteiger partial charge is 0.242 e. The second-order valence-corrected chi connectivity index (χ2v) is 5.85. The third-order valence-corrected chi connectivity index (χ3v) is 4.25. The molecule has 2 aromatic heterocycles. The van der Waals surface area contributed by atoms with E-state index in [1.807, 2.05) is 0 Å². The van der Waals surface area contributed by atoms with E-state index in [4.69, 9.17) is 17.3 Å². The Bertz CT molecular complexity index is 657. The summed E-state index contributed by atoms with van der Waals surface area (Å²) < 4.78 is 26.6. The Hall–Kier alpha value is -0.860. The van der Waals surface area contributed by atoms with Crippen molar-refractivity contribution in [3.05, 3.63) is 23.5 Å². The van der Waals surface area contributed by atoms with Crippen LogP contribution in [0.25, 0.3) is 11.0 Å². The molecule has 0 amide bonds. The van der Waals surface area contributed by atoms with Crippen LogP contribution in [0.3, 0.4) is 0 Å². The Morgan fingerprint density at radius 1 is 1.47 bits per heavy atom. The molecular weight excluding hydrogens is 311 g/mol. The zero-order chi connectivity index (χ0) is 13.2. The number of sulfonamides is 1. The summed E-state index contributed by atoms with van der Waals surface area (Å²) in [6, 6.07) is 1.55. The fraction of sp³-hybridized carbons (Fsp3) is 0.300. The van der Waals surface area contributed by atoms with E-state index in [-0.39, 0.29) is 17.3 Å². The lowest BCUT2D eigenvalue weighted by atomic mass is 10.3. The number of rotatable bonds is 5. The van der Waals surface area contributed by atoms with Crippen molar-refractivity contribution in [2.24, 2.45) is 5.73 Å². The van der Waals surface area contributed by atoms with Gasteiger partial charge in [0.05, 0.1) is 10.4 Å². The fourth-order valence-corrected chi connectivity index (χ4v) is 3.15. The SMILES string of the molecule is Cl.NCCCNS(=O)(=O)c1c[nH]c2nccc(Cl)c12. The molecule has 2 aromatic rings. The molecule has 0 spiro atoms. The quantitative estimate of drug-likeness (QED) is 0.721. The van der Waals surface area contributed by atoms with Crippen LogP contribution in [0.2, 0.25) is 5.02 Å². The predicted octanol–water partition coefficient (Wildman–Crippen LogP) is 1.27. The third kappa shape index (κ3) is 3.37. The number of hydrogen-bond acceptors (Lipinski definition) is 4. The first-order chi connectivity index (χ1) is 8.56. The fourth-order valence-electron chi connectivity index (χ4n) is 1.59. The number of aromatic amines is 1. The van der Waals surface area contributed by atoms with E-state index in [0.717, 1.165) is 0 Å². The molecule has 0 fully saturated rings. The first-order valence-corrected chi connectivity index (χ1v) is 7.23. The highest BCUT2D eigenvalue weighted by molar-refractivity contribution is 7.89. The zero-order valence-electron chi connectivity index (χ0n) is 9.89. The van der Waals surface area contributed by atoms with Gasteiger partial charge in [-0.2, -0.15) is 0 Å².